The predicted molar refractivity (Wildman–Crippen MR) is 64.4 cm³/mol. The van der Waals surface area contributed by atoms with Crippen molar-refractivity contribution in [1.29, 1.82) is 0 Å². The fourth-order valence-corrected chi connectivity index (χ4v) is 3.11. The first-order valence-corrected chi connectivity index (χ1v) is 6.62. The minimum Gasteiger partial charge on any atom is -0.396 e. The van der Waals surface area contributed by atoms with E-state index in [2.05, 4.69) is 18.7 Å². The first-order chi connectivity index (χ1) is 7.65. The Labute approximate surface area is 98.8 Å². The largest absolute Gasteiger partial charge is 0.396 e. The molecule has 2 aliphatic rings. The maximum atomic E-state index is 9.64. The Bertz CT molecular complexity index is 226. The van der Waals surface area contributed by atoms with Crippen LogP contribution in [0.1, 0.15) is 39.5 Å². The molecule has 0 bridgehead atoms. The van der Waals surface area contributed by atoms with Crippen LogP contribution < -0.4 is 0 Å². The standard InChI is InChI=1S/C13H25NO2/c1-11-8-16-12(2)7-14(11)9-13(10-15)5-3-4-6-13/h11-12,15H,3-10H2,1-2H3. The molecule has 3 heteroatoms. The van der Waals surface area contributed by atoms with Crippen molar-refractivity contribution in [3.8, 4) is 0 Å². The molecule has 1 N–H and O–H groups in total. The summed E-state index contributed by atoms with van der Waals surface area (Å²) in [4.78, 5) is 2.51. The molecule has 2 unspecified atom stereocenters. The zero-order valence-corrected chi connectivity index (χ0v) is 10.6. The van der Waals surface area contributed by atoms with Gasteiger partial charge in [-0.05, 0) is 26.7 Å². The number of morpholine rings is 1. The van der Waals surface area contributed by atoms with Crippen molar-refractivity contribution < 1.29 is 9.84 Å². The quantitative estimate of drug-likeness (QED) is 0.795. The van der Waals surface area contributed by atoms with E-state index in [0.29, 0.717) is 18.8 Å². The number of rotatable bonds is 3. The lowest BCUT2D eigenvalue weighted by atomic mass is 9.86. The third kappa shape index (κ3) is 2.58. The number of hydrogen-bond donors (Lipinski definition) is 1. The van der Waals surface area contributed by atoms with Crippen LogP contribution in [0, 0.1) is 5.41 Å². The lowest BCUT2D eigenvalue weighted by molar-refractivity contribution is -0.0680. The fourth-order valence-electron chi connectivity index (χ4n) is 3.11. The molecule has 0 spiro atoms. The summed E-state index contributed by atoms with van der Waals surface area (Å²) in [5.74, 6) is 0. The second-order valence-electron chi connectivity index (χ2n) is 5.79. The van der Waals surface area contributed by atoms with Gasteiger partial charge in [0, 0.05) is 31.2 Å². The summed E-state index contributed by atoms with van der Waals surface area (Å²) in [6.45, 7) is 7.63. The molecule has 0 aromatic carbocycles. The third-order valence-corrected chi connectivity index (χ3v) is 4.28. The smallest absolute Gasteiger partial charge is 0.0674 e. The molecule has 1 saturated carbocycles. The van der Waals surface area contributed by atoms with Crippen molar-refractivity contribution >= 4 is 0 Å². The monoisotopic (exact) mass is 227 g/mol. The van der Waals surface area contributed by atoms with E-state index in [9.17, 15) is 5.11 Å². The Morgan fingerprint density at radius 2 is 2.00 bits per heavy atom. The molecule has 0 amide bonds. The minimum atomic E-state index is 0.186. The van der Waals surface area contributed by atoms with E-state index in [1.165, 1.54) is 25.7 Å². The molecule has 1 saturated heterocycles. The van der Waals surface area contributed by atoms with Gasteiger partial charge in [0.05, 0.1) is 12.7 Å². The Balaban J connectivity index is 1.96. The van der Waals surface area contributed by atoms with Crippen LogP contribution in [-0.2, 0) is 4.74 Å². The van der Waals surface area contributed by atoms with Gasteiger partial charge in [0.1, 0.15) is 0 Å². The van der Waals surface area contributed by atoms with Crippen LogP contribution in [0.3, 0.4) is 0 Å². The van der Waals surface area contributed by atoms with Gasteiger partial charge >= 0.3 is 0 Å². The highest BCUT2D eigenvalue weighted by Gasteiger charge is 2.37. The Hall–Kier alpha value is -0.120. The van der Waals surface area contributed by atoms with Gasteiger partial charge in [-0.2, -0.15) is 0 Å². The number of aliphatic hydroxyl groups excluding tert-OH is 1. The van der Waals surface area contributed by atoms with E-state index in [1.54, 1.807) is 0 Å². The summed E-state index contributed by atoms with van der Waals surface area (Å²) >= 11 is 0. The summed E-state index contributed by atoms with van der Waals surface area (Å²) < 4.78 is 5.65. The normalized spacial score (nSPS) is 35.4. The van der Waals surface area contributed by atoms with Crippen LogP contribution in [0.15, 0.2) is 0 Å². The first-order valence-electron chi connectivity index (χ1n) is 6.62. The lowest BCUT2D eigenvalue weighted by Crippen LogP contribution is -2.51. The first kappa shape index (κ1) is 12.3. The molecule has 1 heterocycles. The summed E-state index contributed by atoms with van der Waals surface area (Å²) in [5, 5.41) is 9.64. The van der Waals surface area contributed by atoms with E-state index in [0.717, 1.165) is 19.7 Å². The van der Waals surface area contributed by atoms with Crippen molar-refractivity contribution in [2.75, 3.05) is 26.3 Å². The summed E-state index contributed by atoms with van der Waals surface area (Å²) in [7, 11) is 0. The molecule has 3 nitrogen and oxygen atoms in total. The van der Waals surface area contributed by atoms with Gasteiger partial charge in [-0.3, -0.25) is 4.90 Å². The predicted octanol–water partition coefficient (Wildman–Crippen LogP) is 1.65. The lowest BCUT2D eigenvalue weighted by Gasteiger charge is -2.42. The summed E-state index contributed by atoms with van der Waals surface area (Å²) in [6.07, 6.45) is 5.31. The molecule has 1 aliphatic heterocycles. The Morgan fingerprint density at radius 3 is 2.62 bits per heavy atom. The van der Waals surface area contributed by atoms with E-state index < -0.39 is 0 Å². The van der Waals surface area contributed by atoms with Crippen LogP contribution in [0.4, 0.5) is 0 Å². The SMILES string of the molecule is CC1CN(CC2(CO)CCCC2)C(C)CO1. The molecule has 1 aliphatic carbocycles. The van der Waals surface area contributed by atoms with E-state index >= 15 is 0 Å². The van der Waals surface area contributed by atoms with Crippen LogP contribution in [-0.4, -0.2) is 48.5 Å². The zero-order valence-electron chi connectivity index (χ0n) is 10.6. The highest BCUT2D eigenvalue weighted by Crippen LogP contribution is 2.39. The molecule has 16 heavy (non-hydrogen) atoms. The second kappa shape index (κ2) is 5.03. The molecule has 2 rings (SSSR count). The molecule has 0 radical (unpaired) electrons. The maximum absolute atomic E-state index is 9.64. The Kier molecular flexibility index (Phi) is 3.88. The average Bonchev–Trinajstić information content (AvgIpc) is 2.73. The number of aliphatic hydroxyl groups is 1. The zero-order chi connectivity index (χ0) is 11.6. The van der Waals surface area contributed by atoms with Crippen LogP contribution in [0.5, 0.6) is 0 Å². The molecule has 0 aromatic rings. The van der Waals surface area contributed by atoms with E-state index in [-0.39, 0.29) is 5.41 Å². The highest BCUT2D eigenvalue weighted by molar-refractivity contribution is 4.89. The number of ether oxygens (including phenoxy) is 1. The van der Waals surface area contributed by atoms with Crippen molar-refractivity contribution in [2.24, 2.45) is 5.41 Å². The van der Waals surface area contributed by atoms with Crippen LogP contribution in [0.2, 0.25) is 0 Å². The van der Waals surface area contributed by atoms with Gasteiger partial charge in [0.15, 0.2) is 0 Å². The Morgan fingerprint density at radius 1 is 1.31 bits per heavy atom. The van der Waals surface area contributed by atoms with Gasteiger partial charge in [-0.15, -0.1) is 0 Å². The van der Waals surface area contributed by atoms with Crippen LogP contribution in [0.25, 0.3) is 0 Å². The van der Waals surface area contributed by atoms with Crippen molar-refractivity contribution in [1.82, 2.24) is 4.90 Å². The van der Waals surface area contributed by atoms with Gasteiger partial charge in [0.25, 0.3) is 0 Å². The topological polar surface area (TPSA) is 32.7 Å². The second-order valence-corrected chi connectivity index (χ2v) is 5.79. The average molecular weight is 227 g/mol. The van der Waals surface area contributed by atoms with Crippen molar-refractivity contribution in [3.05, 3.63) is 0 Å². The summed E-state index contributed by atoms with van der Waals surface area (Å²) in [6, 6.07) is 0.500. The van der Waals surface area contributed by atoms with E-state index in [4.69, 9.17) is 4.74 Å². The molecule has 94 valence electrons. The van der Waals surface area contributed by atoms with Gasteiger partial charge < -0.3 is 9.84 Å². The van der Waals surface area contributed by atoms with Crippen molar-refractivity contribution in [3.63, 3.8) is 0 Å². The number of hydrogen-bond acceptors (Lipinski definition) is 3. The molecule has 2 fully saturated rings. The molecular formula is C13H25NO2. The highest BCUT2D eigenvalue weighted by atomic mass is 16.5. The minimum absolute atomic E-state index is 0.186. The fraction of sp³-hybridized carbons (Fsp3) is 1.00. The molecular weight excluding hydrogens is 202 g/mol. The van der Waals surface area contributed by atoms with Gasteiger partial charge in [-0.1, -0.05) is 12.8 Å². The third-order valence-electron chi connectivity index (χ3n) is 4.28. The summed E-state index contributed by atoms with van der Waals surface area (Å²) in [5.41, 5.74) is 0.186. The van der Waals surface area contributed by atoms with E-state index in [1.807, 2.05) is 0 Å². The van der Waals surface area contributed by atoms with Gasteiger partial charge in [0.2, 0.25) is 0 Å². The molecule has 2 atom stereocenters. The maximum Gasteiger partial charge on any atom is 0.0674 e. The van der Waals surface area contributed by atoms with Crippen LogP contribution >= 0.6 is 0 Å². The molecule has 0 aromatic heterocycles. The van der Waals surface area contributed by atoms with Gasteiger partial charge in [-0.25, -0.2) is 0 Å². The van der Waals surface area contributed by atoms with Crippen molar-refractivity contribution in [2.45, 2.75) is 51.7 Å². The number of nitrogens with zero attached hydrogens (tertiary/aromatic N) is 1.